The van der Waals surface area contributed by atoms with Gasteiger partial charge in [0, 0.05) is 9.58 Å². The second kappa shape index (κ2) is 7.89. The van der Waals surface area contributed by atoms with E-state index in [4.69, 9.17) is 4.74 Å². The van der Waals surface area contributed by atoms with E-state index in [1.54, 1.807) is 32.1 Å². The largest absolute Gasteiger partial charge is 0.444 e. The standard InChI is InChI=1S/C21H28N2O3S/c1-20(2,3)26-19(25)22-14-18(24)23-21(11-7-4-8-12-21)17-13-15-9-5-6-10-16(15)27-17/h5-6,9-10,13H,4,7-8,11-12,14H2,1-3H3,(H,22,25)(H,23,24). The molecule has 0 aliphatic heterocycles. The van der Waals surface area contributed by atoms with Crippen LogP contribution in [-0.4, -0.2) is 24.1 Å². The van der Waals surface area contributed by atoms with Crippen LogP contribution in [0, 0.1) is 0 Å². The molecule has 0 unspecified atom stereocenters. The van der Waals surface area contributed by atoms with E-state index in [9.17, 15) is 9.59 Å². The molecule has 5 nitrogen and oxygen atoms in total. The highest BCUT2D eigenvalue weighted by Crippen LogP contribution is 2.42. The highest BCUT2D eigenvalue weighted by molar-refractivity contribution is 7.19. The van der Waals surface area contributed by atoms with Crippen molar-refractivity contribution in [3.05, 3.63) is 35.2 Å². The van der Waals surface area contributed by atoms with E-state index in [0.29, 0.717) is 0 Å². The lowest BCUT2D eigenvalue weighted by Gasteiger charge is -2.37. The van der Waals surface area contributed by atoms with Crippen LogP contribution in [0.3, 0.4) is 0 Å². The SMILES string of the molecule is CC(C)(C)OC(=O)NCC(=O)NC1(c2cc3ccccc3s2)CCCCC1. The Morgan fingerprint density at radius 2 is 1.85 bits per heavy atom. The van der Waals surface area contributed by atoms with E-state index in [2.05, 4.69) is 28.8 Å². The quantitative estimate of drug-likeness (QED) is 0.798. The van der Waals surface area contributed by atoms with E-state index in [-0.39, 0.29) is 18.0 Å². The molecule has 1 fully saturated rings. The lowest BCUT2D eigenvalue weighted by atomic mass is 9.80. The first-order chi connectivity index (χ1) is 12.8. The second-order valence-corrected chi connectivity index (χ2v) is 9.28. The van der Waals surface area contributed by atoms with Crippen LogP contribution in [0.15, 0.2) is 30.3 Å². The summed E-state index contributed by atoms with van der Waals surface area (Å²) in [7, 11) is 0. The van der Waals surface area contributed by atoms with Crippen LogP contribution in [0.2, 0.25) is 0 Å². The Morgan fingerprint density at radius 1 is 1.15 bits per heavy atom. The van der Waals surface area contributed by atoms with Crippen molar-refractivity contribution in [2.75, 3.05) is 6.54 Å². The van der Waals surface area contributed by atoms with Gasteiger partial charge in [-0.1, -0.05) is 37.5 Å². The molecule has 0 bridgehead atoms. The lowest BCUT2D eigenvalue weighted by molar-refractivity contribution is -0.122. The fourth-order valence-electron chi connectivity index (χ4n) is 3.58. The monoisotopic (exact) mass is 388 g/mol. The number of fused-ring (bicyclic) bond motifs is 1. The topological polar surface area (TPSA) is 67.4 Å². The van der Waals surface area contributed by atoms with Crippen molar-refractivity contribution in [2.45, 2.75) is 64.0 Å². The lowest BCUT2D eigenvalue weighted by Crippen LogP contribution is -2.50. The molecule has 0 radical (unpaired) electrons. The maximum absolute atomic E-state index is 12.6. The van der Waals surface area contributed by atoms with Crippen molar-refractivity contribution in [2.24, 2.45) is 0 Å². The van der Waals surface area contributed by atoms with Crippen LogP contribution in [0.5, 0.6) is 0 Å². The summed E-state index contributed by atoms with van der Waals surface area (Å²) in [5.74, 6) is -0.180. The summed E-state index contributed by atoms with van der Waals surface area (Å²) in [5.41, 5.74) is -0.920. The zero-order valence-electron chi connectivity index (χ0n) is 16.3. The summed E-state index contributed by atoms with van der Waals surface area (Å²) in [4.78, 5) is 25.6. The predicted octanol–water partition coefficient (Wildman–Crippen LogP) is 4.70. The molecule has 2 aromatic rings. The highest BCUT2D eigenvalue weighted by Gasteiger charge is 2.36. The number of carbonyl (C=O) groups is 2. The van der Waals surface area contributed by atoms with Gasteiger partial charge in [-0.15, -0.1) is 11.3 Å². The Bertz CT molecular complexity index is 783. The van der Waals surface area contributed by atoms with Gasteiger partial charge >= 0.3 is 6.09 Å². The Kier molecular flexibility index (Phi) is 5.75. The molecule has 0 atom stereocenters. The number of rotatable bonds is 4. The molecule has 3 rings (SSSR count). The summed E-state index contributed by atoms with van der Waals surface area (Å²) in [6.45, 7) is 5.31. The number of nitrogens with one attached hydrogen (secondary N) is 2. The van der Waals surface area contributed by atoms with E-state index in [1.165, 1.54) is 21.4 Å². The first kappa shape index (κ1) is 19.7. The van der Waals surface area contributed by atoms with Gasteiger partial charge in [-0.25, -0.2) is 4.79 Å². The Labute approximate surface area is 164 Å². The number of carbonyl (C=O) groups excluding carboxylic acids is 2. The van der Waals surface area contributed by atoms with Crippen LogP contribution >= 0.6 is 11.3 Å². The van der Waals surface area contributed by atoms with Gasteiger partial charge in [0.05, 0.1) is 5.54 Å². The predicted molar refractivity (Wildman–Crippen MR) is 109 cm³/mol. The van der Waals surface area contributed by atoms with Crippen molar-refractivity contribution in [3.63, 3.8) is 0 Å². The number of benzene rings is 1. The average molecular weight is 389 g/mol. The highest BCUT2D eigenvalue weighted by atomic mass is 32.1. The minimum absolute atomic E-state index is 0.0818. The van der Waals surface area contributed by atoms with Crippen LogP contribution < -0.4 is 10.6 Å². The molecule has 27 heavy (non-hydrogen) atoms. The van der Waals surface area contributed by atoms with E-state index < -0.39 is 11.7 Å². The van der Waals surface area contributed by atoms with Gasteiger partial charge in [0.2, 0.25) is 5.91 Å². The molecule has 1 aliphatic rings. The fourth-order valence-corrected chi connectivity index (χ4v) is 4.85. The molecule has 2 N–H and O–H groups in total. The summed E-state index contributed by atoms with van der Waals surface area (Å²) in [6, 6.07) is 10.5. The normalized spacial score (nSPS) is 16.7. The Morgan fingerprint density at radius 3 is 2.52 bits per heavy atom. The van der Waals surface area contributed by atoms with Gasteiger partial charge in [0.25, 0.3) is 0 Å². The van der Waals surface area contributed by atoms with Gasteiger partial charge in [-0.3, -0.25) is 4.79 Å². The van der Waals surface area contributed by atoms with Gasteiger partial charge in [0.15, 0.2) is 0 Å². The third-order valence-corrected chi connectivity index (χ3v) is 6.10. The number of hydrogen-bond donors (Lipinski definition) is 2. The third-order valence-electron chi connectivity index (χ3n) is 4.78. The summed E-state index contributed by atoms with van der Waals surface area (Å²) >= 11 is 1.75. The van der Waals surface area contributed by atoms with Gasteiger partial charge < -0.3 is 15.4 Å². The summed E-state index contributed by atoms with van der Waals surface area (Å²) in [5, 5.41) is 6.99. The van der Waals surface area contributed by atoms with Crippen LogP contribution in [0.1, 0.15) is 57.8 Å². The molecular weight excluding hydrogens is 360 g/mol. The minimum Gasteiger partial charge on any atom is -0.444 e. The first-order valence-electron chi connectivity index (χ1n) is 9.54. The number of amides is 2. The van der Waals surface area contributed by atoms with E-state index in [1.807, 2.05) is 12.1 Å². The van der Waals surface area contributed by atoms with Crippen molar-refractivity contribution in [1.29, 1.82) is 0 Å². The van der Waals surface area contributed by atoms with E-state index >= 15 is 0 Å². The summed E-state index contributed by atoms with van der Waals surface area (Å²) in [6.07, 6.45) is 4.66. The van der Waals surface area contributed by atoms with Crippen molar-refractivity contribution in [1.82, 2.24) is 10.6 Å². The van der Waals surface area contributed by atoms with Crippen LogP contribution in [0.25, 0.3) is 10.1 Å². The third kappa shape index (κ3) is 5.01. The molecule has 1 aromatic carbocycles. The summed E-state index contributed by atoms with van der Waals surface area (Å²) < 4.78 is 6.43. The Hall–Kier alpha value is -2.08. The number of alkyl carbamates (subject to hydrolysis) is 1. The minimum atomic E-state index is -0.581. The molecule has 1 saturated carbocycles. The van der Waals surface area contributed by atoms with Crippen LogP contribution in [0.4, 0.5) is 4.79 Å². The van der Waals surface area contributed by atoms with Gasteiger partial charge in [-0.2, -0.15) is 0 Å². The molecule has 2 amide bonds. The smallest absolute Gasteiger partial charge is 0.408 e. The number of ether oxygens (including phenoxy) is 1. The molecule has 0 saturated heterocycles. The fraction of sp³-hybridized carbons (Fsp3) is 0.524. The molecular formula is C21H28N2O3S. The van der Waals surface area contributed by atoms with Gasteiger partial charge in [-0.05, 0) is 51.1 Å². The molecule has 146 valence electrons. The maximum atomic E-state index is 12.6. The molecule has 1 heterocycles. The molecule has 6 heteroatoms. The molecule has 1 aromatic heterocycles. The average Bonchev–Trinajstić information content (AvgIpc) is 3.04. The van der Waals surface area contributed by atoms with Crippen molar-refractivity contribution >= 4 is 33.4 Å². The zero-order valence-corrected chi connectivity index (χ0v) is 17.1. The number of hydrogen-bond acceptors (Lipinski definition) is 4. The van der Waals surface area contributed by atoms with E-state index in [0.717, 1.165) is 25.7 Å². The van der Waals surface area contributed by atoms with Crippen molar-refractivity contribution < 1.29 is 14.3 Å². The van der Waals surface area contributed by atoms with Gasteiger partial charge in [0.1, 0.15) is 12.1 Å². The maximum Gasteiger partial charge on any atom is 0.408 e. The second-order valence-electron chi connectivity index (χ2n) is 8.19. The Balaban J connectivity index is 1.71. The number of thiophene rings is 1. The van der Waals surface area contributed by atoms with Crippen LogP contribution in [-0.2, 0) is 15.1 Å². The molecule has 0 spiro atoms. The molecule has 1 aliphatic carbocycles. The first-order valence-corrected chi connectivity index (χ1v) is 10.4. The zero-order chi connectivity index (χ0) is 19.5. The van der Waals surface area contributed by atoms with Crippen molar-refractivity contribution in [3.8, 4) is 0 Å².